The van der Waals surface area contributed by atoms with E-state index in [2.05, 4.69) is 66.5 Å². The molecular formula is C26H33N3O. The van der Waals surface area contributed by atoms with Crippen LogP contribution in [0, 0.1) is 5.92 Å². The summed E-state index contributed by atoms with van der Waals surface area (Å²) in [7, 11) is 0. The fraction of sp³-hybridized carbons (Fsp3) is 0.500. The summed E-state index contributed by atoms with van der Waals surface area (Å²) in [6.45, 7) is 13.2. The number of rotatable bonds is 5. The topological polar surface area (TPSA) is 39.3 Å². The molecule has 1 saturated heterocycles. The quantitative estimate of drug-likeness (QED) is 0.733. The normalized spacial score (nSPS) is 26.7. The van der Waals surface area contributed by atoms with E-state index >= 15 is 0 Å². The minimum atomic E-state index is -0.0660. The van der Waals surface area contributed by atoms with Gasteiger partial charge in [-0.2, -0.15) is 0 Å². The van der Waals surface area contributed by atoms with Crippen molar-refractivity contribution < 1.29 is 4.79 Å². The molecule has 0 spiro atoms. The third-order valence-corrected chi connectivity index (χ3v) is 7.71. The Morgan fingerprint density at radius 3 is 2.90 bits per heavy atom. The van der Waals surface area contributed by atoms with Crippen LogP contribution in [0.1, 0.15) is 56.2 Å². The van der Waals surface area contributed by atoms with E-state index in [1.807, 2.05) is 6.08 Å². The first-order valence-corrected chi connectivity index (χ1v) is 11.5. The standard InChI is InChI=1S/C26H33N3O/c1-5-10-28-15-19(26(30)29-11-9-17(29)4)12-22-21-8-7-20(16(3)6-2)25-24(21)18(14-27-25)13-23(22)28/h5,7-8,12,14,16-17,19,23,27H,1,6,9-11,13,15H2,2-4H3. The zero-order valence-corrected chi connectivity index (χ0v) is 18.4. The maximum Gasteiger partial charge on any atom is 0.231 e. The van der Waals surface area contributed by atoms with E-state index in [1.54, 1.807) is 0 Å². The maximum absolute atomic E-state index is 13.3. The van der Waals surface area contributed by atoms with Crippen molar-refractivity contribution in [2.24, 2.45) is 5.92 Å². The van der Waals surface area contributed by atoms with Crippen molar-refractivity contribution in [2.45, 2.75) is 58.0 Å². The molecule has 30 heavy (non-hydrogen) atoms. The lowest BCUT2D eigenvalue weighted by Crippen LogP contribution is -2.55. The van der Waals surface area contributed by atoms with Crippen LogP contribution < -0.4 is 0 Å². The van der Waals surface area contributed by atoms with Crippen molar-refractivity contribution in [3.63, 3.8) is 0 Å². The number of carbonyl (C=O) groups excluding carboxylic acids is 1. The summed E-state index contributed by atoms with van der Waals surface area (Å²) in [5, 5.41) is 1.37. The molecule has 4 unspecified atom stereocenters. The first-order chi connectivity index (χ1) is 14.5. The number of likely N-dealkylation sites (tertiary alicyclic amines) is 1. The van der Waals surface area contributed by atoms with Crippen molar-refractivity contribution in [3.05, 3.63) is 53.8 Å². The molecule has 1 amide bonds. The Hall–Kier alpha value is -2.33. The number of benzene rings is 1. The van der Waals surface area contributed by atoms with Gasteiger partial charge in [0.25, 0.3) is 0 Å². The van der Waals surface area contributed by atoms with Crippen molar-refractivity contribution in [1.29, 1.82) is 0 Å². The second-order valence-corrected chi connectivity index (χ2v) is 9.44. The lowest BCUT2D eigenvalue weighted by molar-refractivity contribution is -0.141. The SMILES string of the molecule is C=CCN1CC(C(=O)N2CCC2C)C=C2c3ccc(C(C)CC)c4[nH]cc(c34)CC21. The van der Waals surface area contributed by atoms with Crippen LogP contribution in [0.2, 0.25) is 0 Å². The monoisotopic (exact) mass is 403 g/mol. The molecule has 1 aromatic carbocycles. The van der Waals surface area contributed by atoms with Crippen LogP contribution in [-0.2, 0) is 11.2 Å². The predicted octanol–water partition coefficient (Wildman–Crippen LogP) is 4.73. The van der Waals surface area contributed by atoms with Crippen LogP contribution in [0.3, 0.4) is 0 Å². The molecule has 1 aromatic heterocycles. The number of amides is 1. The number of aromatic amines is 1. The number of hydrogen-bond acceptors (Lipinski definition) is 2. The van der Waals surface area contributed by atoms with E-state index in [0.717, 1.165) is 38.9 Å². The average molecular weight is 404 g/mol. The van der Waals surface area contributed by atoms with Crippen LogP contribution >= 0.6 is 0 Å². The molecule has 3 aliphatic rings. The van der Waals surface area contributed by atoms with Crippen LogP contribution in [0.4, 0.5) is 0 Å². The number of nitrogens with one attached hydrogen (secondary N) is 1. The minimum absolute atomic E-state index is 0.0660. The fourth-order valence-electron chi connectivity index (χ4n) is 5.62. The van der Waals surface area contributed by atoms with Gasteiger partial charge in [0.05, 0.1) is 5.92 Å². The Labute approximate surface area is 179 Å². The van der Waals surface area contributed by atoms with Gasteiger partial charge in [-0.15, -0.1) is 6.58 Å². The van der Waals surface area contributed by atoms with Crippen molar-refractivity contribution >= 4 is 22.4 Å². The second-order valence-electron chi connectivity index (χ2n) is 9.44. The van der Waals surface area contributed by atoms with Crippen LogP contribution in [0.15, 0.2) is 37.1 Å². The highest BCUT2D eigenvalue weighted by molar-refractivity contribution is 6.01. The van der Waals surface area contributed by atoms with E-state index in [9.17, 15) is 4.79 Å². The molecule has 158 valence electrons. The highest BCUT2D eigenvalue weighted by Gasteiger charge is 2.40. The number of fused-ring (bicyclic) bond motifs is 2. The van der Waals surface area contributed by atoms with Crippen LogP contribution in [-0.4, -0.2) is 52.4 Å². The van der Waals surface area contributed by atoms with Gasteiger partial charge in [-0.1, -0.05) is 38.1 Å². The Morgan fingerprint density at radius 1 is 1.40 bits per heavy atom. The Kier molecular flexibility index (Phi) is 4.85. The first kappa shape index (κ1) is 19.6. The van der Waals surface area contributed by atoms with Crippen LogP contribution in [0.5, 0.6) is 0 Å². The zero-order valence-electron chi connectivity index (χ0n) is 18.4. The largest absolute Gasteiger partial charge is 0.361 e. The molecule has 4 nitrogen and oxygen atoms in total. The molecule has 2 aliphatic heterocycles. The smallest absolute Gasteiger partial charge is 0.231 e. The Bertz CT molecular complexity index is 1030. The van der Waals surface area contributed by atoms with Gasteiger partial charge >= 0.3 is 0 Å². The van der Waals surface area contributed by atoms with Crippen molar-refractivity contribution in [3.8, 4) is 0 Å². The molecule has 4 heteroatoms. The lowest BCUT2D eigenvalue weighted by atomic mass is 9.78. The molecule has 0 radical (unpaired) electrons. The molecular weight excluding hydrogens is 370 g/mol. The third-order valence-electron chi connectivity index (χ3n) is 7.71. The zero-order chi connectivity index (χ0) is 21.0. The van der Waals surface area contributed by atoms with Gasteiger partial charge in [0.15, 0.2) is 0 Å². The second kappa shape index (κ2) is 7.42. The van der Waals surface area contributed by atoms with Crippen molar-refractivity contribution in [2.75, 3.05) is 19.6 Å². The van der Waals surface area contributed by atoms with E-state index in [4.69, 9.17) is 0 Å². The van der Waals surface area contributed by atoms with Crippen LogP contribution in [0.25, 0.3) is 16.5 Å². The number of H-pyrrole nitrogens is 1. The van der Waals surface area contributed by atoms with Crippen molar-refractivity contribution in [1.82, 2.24) is 14.8 Å². The molecule has 0 saturated carbocycles. The highest BCUT2D eigenvalue weighted by Crippen LogP contribution is 2.43. The molecule has 1 aliphatic carbocycles. The first-order valence-electron chi connectivity index (χ1n) is 11.5. The van der Waals surface area contributed by atoms with Gasteiger partial charge in [0.1, 0.15) is 0 Å². The van der Waals surface area contributed by atoms with E-state index in [1.165, 1.54) is 33.2 Å². The summed E-state index contributed by atoms with van der Waals surface area (Å²) in [5.41, 5.74) is 6.75. The average Bonchev–Trinajstić information content (AvgIpc) is 3.17. The van der Waals surface area contributed by atoms with E-state index < -0.39 is 0 Å². The summed E-state index contributed by atoms with van der Waals surface area (Å²) in [5.74, 6) is 0.757. The molecule has 5 rings (SSSR count). The third kappa shape index (κ3) is 2.88. The van der Waals surface area contributed by atoms with Gasteiger partial charge in [0.2, 0.25) is 5.91 Å². The van der Waals surface area contributed by atoms with E-state index in [0.29, 0.717) is 23.9 Å². The number of hydrogen-bond donors (Lipinski definition) is 1. The Morgan fingerprint density at radius 2 is 2.23 bits per heavy atom. The molecule has 1 N–H and O–H groups in total. The van der Waals surface area contributed by atoms with Gasteiger partial charge in [-0.05, 0) is 54.4 Å². The molecule has 3 heterocycles. The summed E-state index contributed by atoms with van der Waals surface area (Å²) in [6.07, 6.45) is 9.74. The summed E-state index contributed by atoms with van der Waals surface area (Å²) in [6, 6.07) is 5.31. The molecule has 1 fully saturated rings. The number of aromatic nitrogens is 1. The summed E-state index contributed by atoms with van der Waals surface area (Å²) in [4.78, 5) is 21.4. The Balaban J connectivity index is 1.61. The van der Waals surface area contributed by atoms with Gasteiger partial charge in [-0.3, -0.25) is 9.69 Å². The summed E-state index contributed by atoms with van der Waals surface area (Å²) >= 11 is 0. The molecule has 4 atom stereocenters. The van der Waals surface area contributed by atoms with Gasteiger partial charge < -0.3 is 9.88 Å². The minimum Gasteiger partial charge on any atom is -0.361 e. The maximum atomic E-state index is 13.3. The predicted molar refractivity (Wildman–Crippen MR) is 124 cm³/mol. The molecule has 0 bridgehead atoms. The highest BCUT2D eigenvalue weighted by atomic mass is 16.2. The van der Waals surface area contributed by atoms with Gasteiger partial charge in [0, 0.05) is 48.8 Å². The summed E-state index contributed by atoms with van der Waals surface area (Å²) < 4.78 is 0. The molecule has 2 aromatic rings. The van der Waals surface area contributed by atoms with E-state index in [-0.39, 0.29) is 5.92 Å². The number of nitrogens with zero attached hydrogens (tertiary/aromatic N) is 2. The lowest BCUT2D eigenvalue weighted by Gasteiger charge is -2.45. The van der Waals surface area contributed by atoms with Gasteiger partial charge in [-0.25, -0.2) is 0 Å². The number of carbonyl (C=O) groups is 1. The fourth-order valence-corrected chi connectivity index (χ4v) is 5.62.